The van der Waals surface area contributed by atoms with Crippen LogP contribution in [0.2, 0.25) is 0 Å². The molecule has 0 aromatic carbocycles. The zero-order valence-electron chi connectivity index (χ0n) is 11.8. The average Bonchev–Trinajstić information content (AvgIpc) is 2.46. The molecule has 112 valence electrons. The van der Waals surface area contributed by atoms with Crippen molar-refractivity contribution in [3.05, 3.63) is 12.7 Å². The minimum absolute atomic E-state index is 0.170. The van der Waals surface area contributed by atoms with Crippen LogP contribution in [-0.4, -0.2) is 41.8 Å². The van der Waals surface area contributed by atoms with Crippen molar-refractivity contribution >= 4 is 12.1 Å². The quantitative estimate of drug-likeness (QED) is 0.808. The van der Waals surface area contributed by atoms with Crippen LogP contribution in [0.1, 0.15) is 38.5 Å². The Kier molecular flexibility index (Phi) is 4.68. The molecule has 1 heterocycles. The van der Waals surface area contributed by atoms with Crippen LogP contribution in [-0.2, 0) is 9.53 Å². The predicted molar refractivity (Wildman–Crippen MR) is 74.4 cm³/mol. The zero-order valence-corrected chi connectivity index (χ0v) is 11.8. The highest BCUT2D eigenvalue weighted by molar-refractivity contribution is 5.70. The summed E-state index contributed by atoms with van der Waals surface area (Å²) in [6.45, 7) is 5.21. The van der Waals surface area contributed by atoms with Gasteiger partial charge in [0, 0.05) is 13.1 Å². The Bertz CT molecular complexity index is 375. The van der Waals surface area contributed by atoms with Gasteiger partial charge in [0.15, 0.2) is 0 Å². The van der Waals surface area contributed by atoms with E-state index >= 15 is 0 Å². The van der Waals surface area contributed by atoms with Crippen LogP contribution in [0.15, 0.2) is 12.7 Å². The van der Waals surface area contributed by atoms with Crippen LogP contribution in [0, 0.1) is 11.3 Å². The van der Waals surface area contributed by atoms with Gasteiger partial charge in [-0.1, -0.05) is 12.7 Å². The van der Waals surface area contributed by atoms with Gasteiger partial charge in [0.25, 0.3) is 0 Å². The Hall–Kier alpha value is -1.52. The van der Waals surface area contributed by atoms with E-state index in [4.69, 9.17) is 9.84 Å². The number of carbonyl (C=O) groups excluding carboxylic acids is 1. The van der Waals surface area contributed by atoms with Crippen LogP contribution in [0.5, 0.6) is 0 Å². The van der Waals surface area contributed by atoms with Crippen LogP contribution >= 0.6 is 0 Å². The van der Waals surface area contributed by atoms with Gasteiger partial charge in [0.2, 0.25) is 0 Å². The lowest BCUT2D eigenvalue weighted by atomic mass is 9.65. The number of amides is 1. The number of likely N-dealkylation sites (tertiary alicyclic amines) is 1. The summed E-state index contributed by atoms with van der Waals surface area (Å²) in [5, 5.41) is 9.04. The summed E-state index contributed by atoms with van der Waals surface area (Å²) < 4.78 is 5.05. The number of carboxylic acids is 1. The molecule has 0 aromatic rings. The fourth-order valence-electron chi connectivity index (χ4n) is 3.36. The van der Waals surface area contributed by atoms with E-state index in [9.17, 15) is 9.59 Å². The molecule has 1 amide bonds. The highest BCUT2D eigenvalue weighted by atomic mass is 16.6. The molecule has 0 aromatic heterocycles. The van der Waals surface area contributed by atoms with Crippen molar-refractivity contribution in [3.8, 4) is 0 Å². The molecule has 0 atom stereocenters. The Morgan fingerprint density at radius 2 is 1.85 bits per heavy atom. The lowest BCUT2D eigenvalue weighted by Crippen LogP contribution is -2.45. The first-order chi connectivity index (χ1) is 9.56. The van der Waals surface area contributed by atoms with Gasteiger partial charge in [-0.15, -0.1) is 0 Å². The lowest BCUT2D eigenvalue weighted by Gasteiger charge is -2.45. The molecule has 1 aliphatic heterocycles. The molecule has 5 nitrogen and oxygen atoms in total. The molecule has 0 radical (unpaired) electrons. The van der Waals surface area contributed by atoms with Crippen LogP contribution in [0.4, 0.5) is 4.79 Å². The van der Waals surface area contributed by atoms with Crippen molar-refractivity contribution in [3.63, 3.8) is 0 Å². The second kappa shape index (κ2) is 6.29. The van der Waals surface area contributed by atoms with Gasteiger partial charge in [0.05, 0.1) is 5.92 Å². The van der Waals surface area contributed by atoms with Crippen molar-refractivity contribution < 1.29 is 19.4 Å². The third kappa shape index (κ3) is 3.32. The SMILES string of the molecule is C=CCOC(=O)N1CCC2(CCC(C(=O)O)CC2)CC1. The first-order valence-corrected chi connectivity index (χ1v) is 7.32. The van der Waals surface area contributed by atoms with E-state index in [-0.39, 0.29) is 24.0 Å². The summed E-state index contributed by atoms with van der Waals surface area (Å²) in [5.74, 6) is -0.832. The number of hydrogen-bond donors (Lipinski definition) is 1. The van der Waals surface area contributed by atoms with Crippen LogP contribution in [0.25, 0.3) is 0 Å². The lowest BCUT2D eigenvalue weighted by molar-refractivity contribution is -0.144. The van der Waals surface area contributed by atoms with Crippen LogP contribution in [0.3, 0.4) is 0 Å². The Labute approximate surface area is 119 Å². The van der Waals surface area contributed by atoms with E-state index in [0.717, 1.165) is 38.5 Å². The van der Waals surface area contributed by atoms with Crippen molar-refractivity contribution in [1.29, 1.82) is 0 Å². The molecular weight excluding hydrogens is 258 g/mol. The minimum Gasteiger partial charge on any atom is -0.481 e. The number of aliphatic carboxylic acids is 1. The Balaban J connectivity index is 1.81. The van der Waals surface area contributed by atoms with E-state index in [0.29, 0.717) is 13.1 Å². The Morgan fingerprint density at radius 3 is 2.35 bits per heavy atom. The molecule has 1 saturated heterocycles. The first kappa shape index (κ1) is 14.9. The third-order valence-electron chi connectivity index (χ3n) is 4.80. The molecule has 2 aliphatic rings. The van der Waals surface area contributed by atoms with Gasteiger partial charge < -0.3 is 14.7 Å². The maximum atomic E-state index is 11.7. The molecule has 1 spiro atoms. The average molecular weight is 281 g/mol. The molecule has 1 aliphatic carbocycles. The van der Waals surface area contributed by atoms with E-state index in [1.807, 2.05) is 0 Å². The highest BCUT2D eigenvalue weighted by Crippen LogP contribution is 2.46. The number of ether oxygens (including phenoxy) is 1. The molecule has 1 N–H and O–H groups in total. The van der Waals surface area contributed by atoms with Crippen molar-refractivity contribution in [2.24, 2.45) is 11.3 Å². The minimum atomic E-state index is -0.662. The van der Waals surface area contributed by atoms with Gasteiger partial charge in [-0.05, 0) is 43.9 Å². The summed E-state index contributed by atoms with van der Waals surface area (Å²) in [4.78, 5) is 24.5. The summed E-state index contributed by atoms with van der Waals surface area (Å²) in [6.07, 6.45) is 6.71. The van der Waals surface area contributed by atoms with Crippen molar-refractivity contribution in [2.75, 3.05) is 19.7 Å². The molecule has 2 fully saturated rings. The van der Waals surface area contributed by atoms with E-state index in [1.165, 1.54) is 0 Å². The largest absolute Gasteiger partial charge is 0.481 e. The predicted octanol–water partition coefficient (Wildman–Crippen LogP) is 2.67. The van der Waals surface area contributed by atoms with Crippen LogP contribution < -0.4 is 0 Å². The second-order valence-corrected chi connectivity index (χ2v) is 5.97. The number of carboxylic acid groups (broad SMARTS) is 1. The number of rotatable bonds is 3. The third-order valence-corrected chi connectivity index (χ3v) is 4.80. The fraction of sp³-hybridized carbons (Fsp3) is 0.733. The molecule has 0 unspecified atom stereocenters. The van der Waals surface area contributed by atoms with Gasteiger partial charge in [-0.3, -0.25) is 4.79 Å². The fourth-order valence-corrected chi connectivity index (χ4v) is 3.36. The topological polar surface area (TPSA) is 66.8 Å². The number of carbonyl (C=O) groups is 2. The Morgan fingerprint density at radius 1 is 1.25 bits per heavy atom. The second-order valence-electron chi connectivity index (χ2n) is 5.97. The van der Waals surface area contributed by atoms with Crippen molar-refractivity contribution in [2.45, 2.75) is 38.5 Å². The standard InChI is InChI=1S/C15H23NO4/c1-2-11-20-14(19)16-9-7-15(8-10-16)5-3-12(4-6-15)13(17)18/h2,12H,1,3-11H2,(H,17,18). The molecule has 20 heavy (non-hydrogen) atoms. The maximum absolute atomic E-state index is 11.7. The summed E-state index contributed by atoms with van der Waals surface area (Å²) >= 11 is 0. The highest BCUT2D eigenvalue weighted by Gasteiger charge is 2.40. The van der Waals surface area contributed by atoms with Crippen molar-refractivity contribution in [1.82, 2.24) is 4.90 Å². The monoisotopic (exact) mass is 281 g/mol. The number of nitrogens with zero attached hydrogens (tertiary/aromatic N) is 1. The van der Waals surface area contributed by atoms with E-state index in [2.05, 4.69) is 6.58 Å². The van der Waals surface area contributed by atoms with E-state index < -0.39 is 5.97 Å². The molecule has 1 saturated carbocycles. The molecule has 2 rings (SSSR count). The summed E-state index contributed by atoms with van der Waals surface area (Å²) in [7, 11) is 0. The summed E-state index contributed by atoms with van der Waals surface area (Å²) in [5.41, 5.74) is 0.251. The first-order valence-electron chi connectivity index (χ1n) is 7.32. The maximum Gasteiger partial charge on any atom is 0.410 e. The smallest absolute Gasteiger partial charge is 0.410 e. The summed E-state index contributed by atoms with van der Waals surface area (Å²) in [6, 6.07) is 0. The molecule has 5 heteroatoms. The van der Waals surface area contributed by atoms with E-state index in [1.54, 1.807) is 11.0 Å². The zero-order chi connectivity index (χ0) is 14.6. The van der Waals surface area contributed by atoms with Gasteiger partial charge in [-0.25, -0.2) is 4.79 Å². The molecular formula is C15H23NO4. The molecule has 0 bridgehead atoms. The van der Waals surface area contributed by atoms with Gasteiger partial charge >= 0.3 is 12.1 Å². The number of piperidine rings is 1. The van der Waals surface area contributed by atoms with Gasteiger partial charge in [-0.2, -0.15) is 0 Å². The normalized spacial score (nSPS) is 22.5. The number of hydrogen-bond acceptors (Lipinski definition) is 3. The van der Waals surface area contributed by atoms with Gasteiger partial charge in [0.1, 0.15) is 6.61 Å².